The molecule has 1 atom stereocenters. The minimum atomic E-state index is -0.365. The smallest absolute Gasteiger partial charge is 0.143 e. The Morgan fingerprint density at radius 1 is 1.67 bits per heavy atom. The molecule has 1 N–H and O–H groups in total. The molecule has 2 nitrogen and oxygen atoms in total. The number of likely N-dealkylation sites (tertiary alicyclic amines) is 1. The van der Waals surface area contributed by atoms with Gasteiger partial charge in [-0.2, -0.15) is 0 Å². The molecule has 0 radical (unpaired) electrons. The van der Waals surface area contributed by atoms with Gasteiger partial charge in [-0.15, -0.1) is 0 Å². The van der Waals surface area contributed by atoms with E-state index in [1.54, 1.807) is 4.90 Å². The van der Waals surface area contributed by atoms with Crippen LogP contribution in [0, 0.1) is 5.92 Å². The Morgan fingerprint density at radius 3 is 2.78 bits per heavy atom. The first-order valence-corrected chi connectivity index (χ1v) is 3.26. The third-order valence-electron chi connectivity index (χ3n) is 1.80. The molecule has 9 heavy (non-hydrogen) atoms. The predicted molar refractivity (Wildman–Crippen MR) is 32.7 cm³/mol. The second-order valence-electron chi connectivity index (χ2n) is 2.53. The lowest BCUT2D eigenvalue weighted by Crippen LogP contribution is -2.19. The van der Waals surface area contributed by atoms with Gasteiger partial charge < -0.3 is 5.11 Å². The van der Waals surface area contributed by atoms with Crippen LogP contribution in [-0.2, 0) is 0 Å². The molecule has 0 spiro atoms. The average Bonchev–Trinajstić information content (AvgIpc) is 2.34. The van der Waals surface area contributed by atoms with Crippen molar-refractivity contribution in [2.45, 2.75) is 6.42 Å². The quantitative estimate of drug-likeness (QED) is 0.545. The van der Waals surface area contributed by atoms with Gasteiger partial charge in [0.2, 0.25) is 0 Å². The standard InChI is InChI=1S/C6H12FNO/c7-5-8-2-1-6(3-8)4-9/h6,9H,1-5H2/t6-/m0/s1. The first-order chi connectivity index (χ1) is 4.36. The van der Waals surface area contributed by atoms with Crippen LogP contribution < -0.4 is 0 Å². The molecule has 0 aliphatic carbocycles. The summed E-state index contributed by atoms with van der Waals surface area (Å²) in [6, 6.07) is 0. The van der Waals surface area contributed by atoms with Crippen LogP contribution in [0.15, 0.2) is 0 Å². The maximum Gasteiger partial charge on any atom is 0.143 e. The molecule has 0 aromatic carbocycles. The van der Waals surface area contributed by atoms with Crippen molar-refractivity contribution >= 4 is 0 Å². The van der Waals surface area contributed by atoms with Crippen molar-refractivity contribution in [1.82, 2.24) is 4.90 Å². The summed E-state index contributed by atoms with van der Waals surface area (Å²) >= 11 is 0. The Morgan fingerprint density at radius 2 is 2.44 bits per heavy atom. The summed E-state index contributed by atoms with van der Waals surface area (Å²) < 4.78 is 11.9. The zero-order valence-corrected chi connectivity index (χ0v) is 5.39. The summed E-state index contributed by atoms with van der Waals surface area (Å²) in [6.45, 7) is 1.38. The van der Waals surface area contributed by atoms with Crippen LogP contribution in [0.4, 0.5) is 4.39 Å². The first-order valence-electron chi connectivity index (χ1n) is 3.26. The van der Waals surface area contributed by atoms with Crippen molar-refractivity contribution in [2.24, 2.45) is 5.92 Å². The van der Waals surface area contributed by atoms with Gasteiger partial charge in [-0.25, -0.2) is 4.39 Å². The molecule has 1 aliphatic rings. The summed E-state index contributed by atoms with van der Waals surface area (Å²) in [6.07, 6.45) is 0.945. The molecular formula is C6H12FNO. The van der Waals surface area contributed by atoms with E-state index >= 15 is 0 Å². The zero-order chi connectivity index (χ0) is 6.69. The number of hydrogen-bond donors (Lipinski definition) is 1. The van der Waals surface area contributed by atoms with Crippen molar-refractivity contribution in [2.75, 3.05) is 26.5 Å². The van der Waals surface area contributed by atoms with E-state index in [1.165, 1.54) is 0 Å². The van der Waals surface area contributed by atoms with Crippen LogP contribution in [0.25, 0.3) is 0 Å². The van der Waals surface area contributed by atoms with Crippen LogP contribution in [0.2, 0.25) is 0 Å². The minimum absolute atomic E-state index is 0.205. The summed E-state index contributed by atoms with van der Waals surface area (Å²) in [5.41, 5.74) is 0. The highest BCUT2D eigenvalue weighted by Gasteiger charge is 2.20. The third-order valence-corrected chi connectivity index (χ3v) is 1.80. The fourth-order valence-electron chi connectivity index (χ4n) is 1.17. The van der Waals surface area contributed by atoms with Crippen molar-refractivity contribution in [3.05, 3.63) is 0 Å². The lowest BCUT2D eigenvalue weighted by atomic mass is 10.1. The highest BCUT2D eigenvalue weighted by molar-refractivity contribution is 4.72. The molecular weight excluding hydrogens is 121 g/mol. The summed E-state index contributed by atoms with van der Waals surface area (Å²) in [4.78, 5) is 1.71. The molecule has 1 aliphatic heterocycles. The fourth-order valence-corrected chi connectivity index (χ4v) is 1.17. The van der Waals surface area contributed by atoms with Gasteiger partial charge >= 0.3 is 0 Å². The molecule has 0 saturated carbocycles. The molecule has 1 fully saturated rings. The van der Waals surface area contributed by atoms with E-state index in [2.05, 4.69) is 0 Å². The molecule has 1 heterocycles. The van der Waals surface area contributed by atoms with Gasteiger partial charge in [0.05, 0.1) is 0 Å². The van der Waals surface area contributed by atoms with E-state index in [0.29, 0.717) is 5.92 Å². The van der Waals surface area contributed by atoms with E-state index in [0.717, 1.165) is 19.5 Å². The number of alkyl halides is 1. The number of rotatable bonds is 2. The van der Waals surface area contributed by atoms with E-state index in [4.69, 9.17) is 5.11 Å². The van der Waals surface area contributed by atoms with Crippen molar-refractivity contribution < 1.29 is 9.50 Å². The van der Waals surface area contributed by atoms with Crippen molar-refractivity contribution in [1.29, 1.82) is 0 Å². The van der Waals surface area contributed by atoms with Crippen LogP contribution >= 0.6 is 0 Å². The Kier molecular flexibility index (Phi) is 2.42. The fraction of sp³-hybridized carbons (Fsp3) is 1.00. The van der Waals surface area contributed by atoms with E-state index in [1.807, 2.05) is 0 Å². The third kappa shape index (κ3) is 1.63. The molecule has 0 aromatic heterocycles. The van der Waals surface area contributed by atoms with Gasteiger partial charge in [-0.05, 0) is 12.3 Å². The molecule has 0 amide bonds. The maximum absolute atomic E-state index is 11.9. The van der Waals surface area contributed by atoms with Crippen molar-refractivity contribution in [3.8, 4) is 0 Å². The zero-order valence-electron chi connectivity index (χ0n) is 5.39. The second-order valence-corrected chi connectivity index (χ2v) is 2.53. The SMILES string of the molecule is OC[C@H]1CCN(CF)C1. The second kappa shape index (κ2) is 3.13. The van der Waals surface area contributed by atoms with Gasteiger partial charge in [-0.1, -0.05) is 0 Å². The monoisotopic (exact) mass is 133 g/mol. The molecule has 0 aromatic rings. The van der Waals surface area contributed by atoms with E-state index in [9.17, 15) is 4.39 Å². The first kappa shape index (κ1) is 6.96. The van der Waals surface area contributed by atoms with E-state index in [-0.39, 0.29) is 13.4 Å². The number of halogens is 1. The Labute approximate surface area is 54.3 Å². The van der Waals surface area contributed by atoms with Crippen LogP contribution in [-0.4, -0.2) is 36.5 Å². The van der Waals surface area contributed by atoms with Crippen LogP contribution in [0.1, 0.15) is 6.42 Å². The van der Waals surface area contributed by atoms with Gasteiger partial charge in [-0.3, -0.25) is 4.90 Å². The van der Waals surface area contributed by atoms with Crippen LogP contribution in [0.3, 0.4) is 0 Å². The topological polar surface area (TPSA) is 23.5 Å². The van der Waals surface area contributed by atoms with Crippen molar-refractivity contribution in [3.63, 3.8) is 0 Å². The van der Waals surface area contributed by atoms with Gasteiger partial charge in [0.15, 0.2) is 0 Å². The summed E-state index contributed by atoms with van der Waals surface area (Å²) in [5, 5.41) is 8.63. The molecule has 1 rings (SSSR count). The predicted octanol–water partition coefficient (Wildman–Crippen LogP) is 0.228. The average molecular weight is 133 g/mol. The highest BCUT2D eigenvalue weighted by Crippen LogP contribution is 2.14. The number of hydrogen-bond acceptors (Lipinski definition) is 2. The summed E-state index contributed by atoms with van der Waals surface area (Å²) in [5.74, 6) is 0.320. The Balaban J connectivity index is 2.20. The van der Waals surface area contributed by atoms with Gasteiger partial charge in [0, 0.05) is 19.7 Å². The minimum Gasteiger partial charge on any atom is -0.396 e. The van der Waals surface area contributed by atoms with E-state index < -0.39 is 0 Å². The summed E-state index contributed by atoms with van der Waals surface area (Å²) in [7, 11) is 0. The molecule has 3 heteroatoms. The van der Waals surface area contributed by atoms with Gasteiger partial charge in [0.25, 0.3) is 0 Å². The molecule has 54 valence electrons. The normalized spacial score (nSPS) is 29.3. The Hall–Kier alpha value is -0.150. The molecule has 0 bridgehead atoms. The lowest BCUT2D eigenvalue weighted by molar-refractivity contribution is 0.191. The lowest BCUT2D eigenvalue weighted by Gasteiger charge is -2.08. The number of nitrogens with zero attached hydrogens (tertiary/aromatic N) is 1. The van der Waals surface area contributed by atoms with Gasteiger partial charge in [0.1, 0.15) is 6.80 Å². The molecule has 1 saturated heterocycles. The maximum atomic E-state index is 11.9. The van der Waals surface area contributed by atoms with Crippen LogP contribution in [0.5, 0.6) is 0 Å². The number of aliphatic hydroxyl groups is 1. The highest BCUT2D eigenvalue weighted by atomic mass is 19.1. The molecule has 0 unspecified atom stereocenters. The number of aliphatic hydroxyl groups excluding tert-OH is 1. The largest absolute Gasteiger partial charge is 0.396 e. The Bertz CT molecular complexity index is 79.1.